The van der Waals surface area contributed by atoms with Crippen LogP contribution in [0.1, 0.15) is 55.7 Å². The van der Waals surface area contributed by atoms with Gasteiger partial charge in [-0.25, -0.2) is 0 Å². The summed E-state index contributed by atoms with van der Waals surface area (Å²) in [5.41, 5.74) is 1.04. The molecule has 0 bridgehead atoms. The van der Waals surface area contributed by atoms with Gasteiger partial charge in [-0.15, -0.1) is 0 Å². The Morgan fingerprint density at radius 3 is 2.59 bits per heavy atom. The van der Waals surface area contributed by atoms with Crippen LogP contribution in [-0.2, 0) is 27.6 Å². The standard InChI is InChI=1S/C32H35BrF3N5O5/c1-40-28-19(27(39-40)20-7-9-24(42)38-30(20)44)6-8-22(29(28)45-2)37-25(43)16-41-12-10-31(11-13-41)14-18(15-31)17-46-23-5-3-4-21(33)26(23)32(34,35)36/h3-6,8,18,20H,7,9-17H2,1-2H3,(H,37,43)(H,38,42,44). The van der Waals surface area contributed by atoms with Gasteiger partial charge in [-0.1, -0.05) is 22.0 Å². The van der Waals surface area contributed by atoms with Gasteiger partial charge in [-0.2, -0.15) is 18.3 Å². The Kier molecular flexibility index (Phi) is 8.79. The summed E-state index contributed by atoms with van der Waals surface area (Å²) in [6, 6.07) is 7.80. The molecule has 1 aromatic heterocycles. The number of nitrogens with zero attached hydrogens (tertiary/aromatic N) is 3. The van der Waals surface area contributed by atoms with E-state index in [-0.39, 0.29) is 58.8 Å². The fourth-order valence-corrected chi connectivity index (χ4v) is 7.83. The summed E-state index contributed by atoms with van der Waals surface area (Å²) < 4.78 is 53.4. The number of benzene rings is 2. The van der Waals surface area contributed by atoms with E-state index in [9.17, 15) is 27.6 Å². The molecule has 6 rings (SSSR count). The van der Waals surface area contributed by atoms with Gasteiger partial charge >= 0.3 is 6.18 Å². The zero-order valence-corrected chi connectivity index (χ0v) is 27.1. The van der Waals surface area contributed by atoms with Crippen LogP contribution >= 0.6 is 15.9 Å². The molecule has 2 saturated heterocycles. The van der Waals surface area contributed by atoms with E-state index in [2.05, 4.69) is 36.6 Å². The minimum Gasteiger partial charge on any atom is -0.493 e. The number of likely N-dealkylation sites (tertiary alicyclic amines) is 1. The topological polar surface area (TPSA) is 115 Å². The second-order valence-electron chi connectivity index (χ2n) is 12.6. The number of nitrogens with one attached hydrogen (secondary N) is 2. The quantitative estimate of drug-likeness (QED) is 0.302. The van der Waals surface area contributed by atoms with Crippen LogP contribution in [-0.4, -0.2) is 65.8 Å². The minimum absolute atomic E-state index is 0.0334. The molecule has 2 N–H and O–H groups in total. The van der Waals surface area contributed by atoms with E-state index in [0.717, 1.165) is 44.2 Å². The number of fused-ring (bicyclic) bond motifs is 1. The van der Waals surface area contributed by atoms with Crippen molar-refractivity contribution >= 4 is 50.2 Å². The second kappa shape index (κ2) is 12.5. The van der Waals surface area contributed by atoms with Crippen molar-refractivity contribution < 1.29 is 37.0 Å². The summed E-state index contributed by atoms with van der Waals surface area (Å²) in [5, 5.41) is 10.6. The highest BCUT2D eigenvalue weighted by Crippen LogP contribution is 2.53. The number of amides is 3. The molecule has 14 heteroatoms. The lowest BCUT2D eigenvalue weighted by molar-refractivity contribution is -0.140. The molecule has 2 aliphatic heterocycles. The van der Waals surface area contributed by atoms with Crippen LogP contribution in [0.15, 0.2) is 34.8 Å². The lowest BCUT2D eigenvalue weighted by Gasteiger charge is -2.52. The number of halogens is 4. The molecule has 0 radical (unpaired) electrons. The highest BCUT2D eigenvalue weighted by atomic mass is 79.9. The van der Waals surface area contributed by atoms with Gasteiger partial charge < -0.3 is 14.8 Å². The second-order valence-corrected chi connectivity index (χ2v) is 13.4. The number of carbonyl (C=O) groups is 3. The number of ether oxygens (including phenoxy) is 2. The Hall–Kier alpha value is -3.65. The van der Waals surface area contributed by atoms with Crippen LogP contribution in [0.4, 0.5) is 18.9 Å². The van der Waals surface area contributed by atoms with E-state index in [4.69, 9.17) is 9.47 Å². The van der Waals surface area contributed by atoms with Crippen LogP contribution in [0.25, 0.3) is 10.9 Å². The number of anilines is 1. The van der Waals surface area contributed by atoms with Crippen molar-refractivity contribution in [2.75, 3.05) is 38.7 Å². The van der Waals surface area contributed by atoms with Crippen molar-refractivity contribution in [3.8, 4) is 11.5 Å². The third-order valence-corrected chi connectivity index (χ3v) is 10.2. The van der Waals surface area contributed by atoms with Crippen molar-refractivity contribution in [2.24, 2.45) is 18.4 Å². The molecular formula is C32H35BrF3N5O5. The van der Waals surface area contributed by atoms with Gasteiger partial charge in [-0.05, 0) is 80.8 Å². The Morgan fingerprint density at radius 2 is 1.91 bits per heavy atom. The monoisotopic (exact) mass is 705 g/mol. The maximum absolute atomic E-state index is 13.5. The number of carbonyl (C=O) groups excluding carboxylic acids is 3. The normalized spacial score (nSPS) is 20.4. The minimum atomic E-state index is -4.51. The number of methoxy groups -OCH3 is 1. The lowest BCUT2D eigenvalue weighted by Crippen LogP contribution is -2.49. The van der Waals surface area contributed by atoms with Gasteiger partial charge in [-0.3, -0.25) is 29.3 Å². The molecule has 3 aliphatic rings. The molecule has 3 fully saturated rings. The van der Waals surface area contributed by atoms with Crippen molar-refractivity contribution in [3.63, 3.8) is 0 Å². The molecule has 10 nitrogen and oxygen atoms in total. The Morgan fingerprint density at radius 1 is 1.17 bits per heavy atom. The number of aromatic nitrogens is 2. The van der Waals surface area contributed by atoms with E-state index in [1.807, 2.05) is 0 Å². The molecule has 1 saturated carbocycles. The first-order valence-corrected chi connectivity index (χ1v) is 16.0. The number of hydrogen-bond donors (Lipinski definition) is 2. The molecule has 246 valence electrons. The van der Waals surface area contributed by atoms with Gasteiger partial charge in [0.05, 0.1) is 37.6 Å². The maximum Gasteiger partial charge on any atom is 0.421 e. The molecule has 2 aromatic carbocycles. The third kappa shape index (κ3) is 6.33. The number of hydrogen-bond acceptors (Lipinski definition) is 7. The smallest absolute Gasteiger partial charge is 0.421 e. The molecule has 3 aromatic rings. The van der Waals surface area contributed by atoms with Crippen LogP contribution in [0.3, 0.4) is 0 Å². The highest BCUT2D eigenvalue weighted by Gasteiger charge is 2.46. The first-order chi connectivity index (χ1) is 21.9. The third-order valence-electron chi connectivity index (χ3n) is 9.50. The average molecular weight is 707 g/mol. The molecule has 1 spiro atoms. The van der Waals surface area contributed by atoms with Crippen molar-refractivity contribution in [1.29, 1.82) is 0 Å². The summed E-state index contributed by atoms with van der Waals surface area (Å²) >= 11 is 2.99. The zero-order chi connectivity index (χ0) is 32.8. The van der Waals surface area contributed by atoms with Crippen LogP contribution in [0.5, 0.6) is 11.5 Å². The predicted octanol–water partition coefficient (Wildman–Crippen LogP) is 5.39. The summed E-state index contributed by atoms with van der Waals surface area (Å²) in [4.78, 5) is 39.4. The largest absolute Gasteiger partial charge is 0.493 e. The number of piperidine rings is 2. The first-order valence-electron chi connectivity index (χ1n) is 15.3. The predicted molar refractivity (Wildman–Crippen MR) is 166 cm³/mol. The van der Waals surface area contributed by atoms with E-state index >= 15 is 0 Å². The maximum atomic E-state index is 13.5. The summed E-state index contributed by atoms with van der Waals surface area (Å²) in [7, 11) is 3.26. The molecule has 1 unspecified atom stereocenters. The van der Waals surface area contributed by atoms with Gasteiger partial charge in [0, 0.05) is 23.3 Å². The number of alkyl halides is 3. The molecule has 3 amide bonds. The highest BCUT2D eigenvalue weighted by molar-refractivity contribution is 9.10. The number of rotatable bonds is 8. The molecule has 1 aliphatic carbocycles. The van der Waals surface area contributed by atoms with Crippen molar-refractivity contribution in [2.45, 2.75) is 50.6 Å². The number of imide groups is 1. The van der Waals surface area contributed by atoms with Gasteiger partial charge in [0.1, 0.15) is 16.8 Å². The van der Waals surface area contributed by atoms with E-state index < -0.39 is 17.7 Å². The first kappa shape index (κ1) is 32.3. The van der Waals surface area contributed by atoms with Gasteiger partial charge in [0.2, 0.25) is 17.7 Å². The summed E-state index contributed by atoms with van der Waals surface area (Å²) in [6.45, 7) is 1.95. The van der Waals surface area contributed by atoms with Crippen molar-refractivity contribution in [3.05, 3.63) is 46.1 Å². The SMILES string of the molecule is COc1c(NC(=O)CN2CCC3(CC2)CC(COc2cccc(Br)c2C(F)(F)F)C3)ccc2c(C3CCC(=O)NC3=O)nn(C)c12. The molecular weight excluding hydrogens is 671 g/mol. The van der Waals surface area contributed by atoms with Crippen molar-refractivity contribution in [1.82, 2.24) is 20.0 Å². The van der Waals surface area contributed by atoms with E-state index in [1.54, 1.807) is 23.9 Å². The van der Waals surface area contributed by atoms with Crippen LogP contribution in [0.2, 0.25) is 0 Å². The Labute approximate surface area is 272 Å². The fraction of sp³-hybridized carbons (Fsp3) is 0.500. The molecule has 46 heavy (non-hydrogen) atoms. The Bertz CT molecular complexity index is 1680. The molecule has 3 heterocycles. The number of aryl methyl sites for hydroxylation is 1. The molecule has 1 atom stereocenters. The lowest BCUT2D eigenvalue weighted by atomic mass is 9.58. The van der Waals surface area contributed by atoms with Crippen LogP contribution in [0, 0.1) is 11.3 Å². The van der Waals surface area contributed by atoms with E-state index in [1.165, 1.54) is 25.3 Å². The van der Waals surface area contributed by atoms with Gasteiger partial charge in [0.15, 0.2) is 5.75 Å². The Balaban J connectivity index is 1.02. The summed E-state index contributed by atoms with van der Waals surface area (Å²) in [5.74, 6) is -0.932. The van der Waals surface area contributed by atoms with E-state index in [0.29, 0.717) is 29.1 Å². The zero-order valence-electron chi connectivity index (χ0n) is 25.5. The average Bonchev–Trinajstić information content (AvgIpc) is 3.31. The van der Waals surface area contributed by atoms with Crippen LogP contribution < -0.4 is 20.1 Å². The van der Waals surface area contributed by atoms with Gasteiger partial charge in [0.25, 0.3) is 0 Å². The summed E-state index contributed by atoms with van der Waals surface area (Å²) in [6.07, 6.45) is -0.282. The fourth-order valence-electron chi connectivity index (χ4n) is 7.26.